The Morgan fingerprint density at radius 1 is 0.711 bits per heavy atom. The summed E-state index contributed by atoms with van der Waals surface area (Å²) in [5.41, 5.74) is 0. The van der Waals surface area contributed by atoms with Crippen LogP contribution in [0.25, 0.3) is 0 Å². The van der Waals surface area contributed by atoms with Crippen LogP contribution in [0.15, 0.2) is 0 Å². The van der Waals surface area contributed by atoms with Gasteiger partial charge in [-0.3, -0.25) is 13.8 Å². The van der Waals surface area contributed by atoms with Gasteiger partial charge in [0.2, 0.25) is 0 Å². The van der Waals surface area contributed by atoms with Crippen LogP contribution in [-0.4, -0.2) is 66.3 Å². The molecule has 0 aliphatic rings. The molecule has 0 saturated heterocycles. The van der Waals surface area contributed by atoms with E-state index in [1.165, 1.54) is 110 Å². The number of phosphoric ester groups is 1. The zero-order chi connectivity index (χ0) is 28.3. The van der Waals surface area contributed by atoms with Crippen LogP contribution in [0.3, 0.4) is 0 Å². The number of hydrogen-bond donors (Lipinski definition) is 3. The highest BCUT2D eigenvalue weighted by Gasteiger charge is 2.25. The van der Waals surface area contributed by atoms with E-state index in [-0.39, 0.29) is 13.2 Å². The highest BCUT2D eigenvalue weighted by atomic mass is 31.2. The van der Waals surface area contributed by atoms with E-state index >= 15 is 0 Å². The smallest absolute Gasteiger partial charge is 0.458 e. The number of phosphoric acid groups is 1. The molecule has 0 radical (unpaired) electrons. The molecule has 0 amide bonds. The predicted octanol–water partition coefficient (Wildman–Crippen LogP) is 6.46. The summed E-state index contributed by atoms with van der Waals surface area (Å²) >= 11 is 0. The zero-order valence-electron chi connectivity index (χ0n) is 24.2. The van der Waals surface area contributed by atoms with Crippen LogP contribution in [0.2, 0.25) is 0 Å². The molecule has 0 rings (SSSR count). The first kappa shape index (κ1) is 37.5. The van der Waals surface area contributed by atoms with Gasteiger partial charge in [-0.25, -0.2) is 4.57 Å². The van der Waals surface area contributed by atoms with E-state index in [1.807, 2.05) is 0 Å². The molecule has 0 aliphatic heterocycles. The second kappa shape index (κ2) is 26.7. The number of aliphatic hydroxyl groups excluding tert-OH is 2. The Hall–Kier alpha value is -0.540. The van der Waals surface area contributed by atoms with Crippen LogP contribution in [-0.2, 0) is 27.9 Å². The van der Waals surface area contributed by atoms with Crippen LogP contribution in [0.4, 0.5) is 0 Å². The second-order valence-electron chi connectivity index (χ2n) is 10.2. The van der Waals surface area contributed by atoms with Gasteiger partial charge in [-0.1, -0.05) is 116 Å². The molecule has 0 spiro atoms. The summed E-state index contributed by atoms with van der Waals surface area (Å²) in [5, 5.41) is 17.9. The molecule has 0 heterocycles. The molecule has 0 fully saturated rings. The largest absolute Gasteiger partial charge is 0.472 e. The molecular weight excluding hydrogens is 511 g/mol. The van der Waals surface area contributed by atoms with Gasteiger partial charge in [0, 0.05) is 13.5 Å². The number of aliphatic hydroxyl groups is 2. The van der Waals surface area contributed by atoms with Crippen molar-refractivity contribution < 1.29 is 43.0 Å². The lowest BCUT2D eigenvalue weighted by Crippen LogP contribution is -2.28. The number of carbonyl (C=O) groups excluding carboxylic acids is 1. The van der Waals surface area contributed by atoms with Crippen molar-refractivity contribution in [3.63, 3.8) is 0 Å². The third kappa shape index (κ3) is 27.0. The quantitative estimate of drug-likeness (QED) is 0.0528. The topological polar surface area (TPSA) is 132 Å². The first-order valence-electron chi connectivity index (χ1n) is 15.0. The molecule has 0 aromatic carbocycles. The average molecular weight is 569 g/mol. The fraction of sp³-hybridized carbons (Fsp3) is 0.964. The Bertz CT molecular complexity index is 577. The number of carbonyl (C=O) groups is 1. The van der Waals surface area contributed by atoms with E-state index in [2.05, 4.69) is 11.4 Å². The zero-order valence-corrected chi connectivity index (χ0v) is 25.1. The van der Waals surface area contributed by atoms with Gasteiger partial charge in [0.1, 0.15) is 12.2 Å². The maximum absolute atomic E-state index is 11.8. The molecule has 3 N–H and O–H groups in total. The number of unbranched alkanes of at least 4 members (excludes halogenated alkanes) is 17. The summed E-state index contributed by atoms with van der Waals surface area (Å²) in [7, 11) is -4.46. The number of esters is 1. The van der Waals surface area contributed by atoms with E-state index in [0.29, 0.717) is 6.61 Å². The Morgan fingerprint density at radius 3 is 1.55 bits per heavy atom. The van der Waals surface area contributed by atoms with Gasteiger partial charge in [-0.05, 0) is 6.42 Å². The van der Waals surface area contributed by atoms with Crippen LogP contribution in [0, 0.1) is 0 Å². The molecule has 38 heavy (non-hydrogen) atoms. The average Bonchev–Trinajstić information content (AvgIpc) is 2.88. The summed E-state index contributed by atoms with van der Waals surface area (Å²) in [6, 6.07) is 0. The van der Waals surface area contributed by atoms with E-state index in [0.717, 1.165) is 12.8 Å². The molecule has 0 aromatic heterocycles. The molecule has 3 atom stereocenters. The Labute approximate surface area is 231 Å². The van der Waals surface area contributed by atoms with Crippen LogP contribution < -0.4 is 0 Å². The number of hydrogen-bond acceptors (Lipinski definition) is 8. The standard InChI is InChI=1S/C28H57O9P/c1-3-4-5-6-7-8-9-10-11-12-13-14-15-16-17-18-19-20-21-34-24-28(37-26(2)30)25-36-38(32,33)35-23-27(31)22-29/h27-29,31H,3-25H2,1-2H3,(H,32,33)/t27-,28+/m0/s1. The molecule has 0 aromatic rings. The summed E-state index contributed by atoms with van der Waals surface area (Å²) < 4.78 is 31.9. The molecule has 1 unspecified atom stereocenters. The van der Waals surface area contributed by atoms with E-state index < -0.39 is 39.2 Å². The summed E-state index contributed by atoms with van der Waals surface area (Å²) in [6.07, 6.45) is 21.5. The van der Waals surface area contributed by atoms with E-state index in [4.69, 9.17) is 19.1 Å². The van der Waals surface area contributed by atoms with Crippen molar-refractivity contribution in [3.05, 3.63) is 0 Å². The van der Waals surface area contributed by atoms with Gasteiger partial charge in [-0.2, -0.15) is 0 Å². The molecule has 10 heteroatoms. The third-order valence-electron chi connectivity index (χ3n) is 6.34. The van der Waals surface area contributed by atoms with Crippen molar-refractivity contribution in [3.8, 4) is 0 Å². The third-order valence-corrected chi connectivity index (χ3v) is 7.29. The summed E-state index contributed by atoms with van der Waals surface area (Å²) in [4.78, 5) is 20.9. The van der Waals surface area contributed by atoms with Gasteiger partial charge < -0.3 is 24.6 Å². The molecule has 0 bridgehead atoms. The van der Waals surface area contributed by atoms with Crippen molar-refractivity contribution in [1.82, 2.24) is 0 Å². The van der Waals surface area contributed by atoms with Gasteiger partial charge in [0.25, 0.3) is 0 Å². The maximum atomic E-state index is 11.8. The Morgan fingerprint density at radius 2 is 1.13 bits per heavy atom. The van der Waals surface area contributed by atoms with Crippen molar-refractivity contribution in [2.45, 2.75) is 142 Å². The van der Waals surface area contributed by atoms with Crippen molar-refractivity contribution in [1.29, 1.82) is 0 Å². The minimum Gasteiger partial charge on any atom is -0.458 e. The van der Waals surface area contributed by atoms with E-state index in [9.17, 15) is 19.4 Å². The molecule has 0 aliphatic carbocycles. The van der Waals surface area contributed by atoms with E-state index in [1.54, 1.807) is 0 Å². The lowest BCUT2D eigenvalue weighted by atomic mass is 10.0. The molecule has 0 saturated carbocycles. The molecule has 228 valence electrons. The first-order chi connectivity index (χ1) is 18.3. The van der Waals surface area contributed by atoms with Crippen LogP contribution in [0.1, 0.15) is 129 Å². The first-order valence-corrected chi connectivity index (χ1v) is 16.5. The normalized spacial score (nSPS) is 14.8. The summed E-state index contributed by atoms with van der Waals surface area (Å²) in [5.74, 6) is -0.556. The van der Waals surface area contributed by atoms with Crippen LogP contribution in [0.5, 0.6) is 0 Å². The van der Waals surface area contributed by atoms with Gasteiger partial charge >= 0.3 is 13.8 Å². The monoisotopic (exact) mass is 568 g/mol. The maximum Gasteiger partial charge on any atom is 0.472 e. The number of rotatable bonds is 29. The highest BCUT2D eigenvalue weighted by molar-refractivity contribution is 7.47. The SMILES string of the molecule is CCCCCCCCCCCCCCCCCCCCOC[C@H](COP(=O)(O)OC[C@@H](O)CO)OC(C)=O. The minimum atomic E-state index is -4.46. The van der Waals surface area contributed by atoms with Gasteiger partial charge in [0.05, 0.1) is 26.4 Å². The van der Waals surface area contributed by atoms with Crippen molar-refractivity contribution in [2.24, 2.45) is 0 Å². The predicted molar refractivity (Wildman–Crippen MR) is 150 cm³/mol. The Kier molecular flexibility index (Phi) is 26.3. The second-order valence-corrected chi connectivity index (χ2v) is 11.7. The van der Waals surface area contributed by atoms with Crippen molar-refractivity contribution >= 4 is 13.8 Å². The Balaban J connectivity index is 3.61. The lowest BCUT2D eigenvalue weighted by molar-refractivity contribution is -0.151. The number of ether oxygens (including phenoxy) is 2. The van der Waals surface area contributed by atoms with Crippen LogP contribution >= 0.6 is 7.82 Å². The van der Waals surface area contributed by atoms with Crippen molar-refractivity contribution in [2.75, 3.05) is 33.0 Å². The fourth-order valence-electron chi connectivity index (χ4n) is 4.12. The fourth-order valence-corrected chi connectivity index (χ4v) is 4.91. The van der Waals surface area contributed by atoms with Gasteiger partial charge in [0.15, 0.2) is 0 Å². The highest BCUT2D eigenvalue weighted by Crippen LogP contribution is 2.43. The molecular formula is C28H57O9P. The minimum absolute atomic E-state index is 0.0395. The van der Waals surface area contributed by atoms with Gasteiger partial charge in [-0.15, -0.1) is 0 Å². The molecule has 9 nitrogen and oxygen atoms in total. The lowest BCUT2D eigenvalue weighted by Gasteiger charge is -2.19. The summed E-state index contributed by atoms with van der Waals surface area (Å²) in [6.45, 7) is 2.49.